The van der Waals surface area contributed by atoms with E-state index in [0.717, 1.165) is 12.1 Å². The van der Waals surface area contributed by atoms with E-state index >= 15 is 0 Å². The van der Waals surface area contributed by atoms with Gasteiger partial charge in [0, 0.05) is 16.9 Å². The van der Waals surface area contributed by atoms with Gasteiger partial charge >= 0.3 is 6.18 Å². The quantitative estimate of drug-likeness (QED) is 0.763. The summed E-state index contributed by atoms with van der Waals surface area (Å²) in [7, 11) is 0. The highest BCUT2D eigenvalue weighted by Gasteiger charge is 2.30. The minimum atomic E-state index is -4.38. The zero-order valence-electron chi connectivity index (χ0n) is 9.33. The van der Waals surface area contributed by atoms with Crippen molar-refractivity contribution in [3.8, 4) is 11.1 Å². The average Bonchev–Trinajstić information content (AvgIpc) is 2.29. The predicted molar refractivity (Wildman–Crippen MR) is 65.7 cm³/mol. The van der Waals surface area contributed by atoms with Crippen molar-refractivity contribution in [2.24, 2.45) is 0 Å². The van der Waals surface area contributed by atoms with Crippen molar-refractivity contribution < 1.29 is 13.2 Å². The summed E-state index contributed by atoms with van der Waals surface area (Å²) in [5, 5.41) is 0. The first-order valence-electron chi connectivity index (χ1n) is 5.20. The van der Waals surface area contributed by atoms with Crippen LogP contribution in [0.3, 0.4) is 0 Å². The van der Waals surface area contributed by atoms with Crippen molar-refractivity contribution in [3.63, 3.8) is 0 Å². The van der Waals surface area contributed by atoms with E-state index in [2.05, 4.69) is 0 Å². The molecule has 0 unspecified atom stereocenters. The number of alkyl halides is 3. The van der Waals surface area contributed by atoms with Crippen LogP contribution in [0.15, 0.2) is 42.5 Å². The highest BCUT2D eigenvalue weighted by atomic mass is 19.4. The van der Waals surface area contributed by atoms with Crippen LogP contribution in [0, 0.1) is 0 Å². The number of halogens is 3. The fourth-order valence-corrected chi connectivity index (χ4v) is 1.65. The molecule has 0 amide bonds. The number of nitrogens with two attached hydrogens (primary N) is 2. The molecule has 18 heavy (non-hydrogen) atoms. The van der Waals surface area contributed by atoms with Crippen LogP contribution in [0.2, 0.25) is 0 Å². The van der Waals surface area contributed by atoms with E-state index in [1.54, 1.807) is 24.3 Å². The molecule has 2 aromatic rings. The van der Waals surface area contributed by atoms with E-state index in [1.165, 1.54) is 6.07 Å². The van der Waals surface area contributed by atoms with Gasteiger partial charge in [-0.05, 0) is 35.9 Å². The Hall–Kier alpha value is -2.17. The van der Waals surface area contributed by atoms with Crippen molar-refractivity contribution in [1.29, 1.82) is 0 Å². The highest BCUT2D eigenvalue weighted by Crippen LogP contribution is 2.35. The van der Waals surface area contributed by atoms with Gasteiger partial charge in [-0.1, -0.05) is 12.1 Å². The molecular weight excluding hydrogens is 241 g/mol. The Morgan fingerprint density at radius 2 is 1.44 bits per heavy atom. The van der Waals surface area contributed by atoms with E-state index in [9.17, 15) is 13.2 Å². The third kappa shape index (κ3) is 2.40. The largest absolute Gasteiger partial charge is 0.416 e. The topological polar surface area (TPSA) is 52.0 Å². The summed E-state index contributed by atoms with van der Waals surface area (Å²) < 4.78 is 37.9. The maximum Gasteiger partial charge on any atom is 0.416 e. The van der Waals surface area contributed by atoms with Crippen LogP contribution in [0.4, 0.5) is 24.5 Å². The van der Waals surface area contributed by atoms with Gasteiger partial charge in [-0.3, -0.25) is 0 Å². The molecule has 2 aromatic carbocycles. The Labute approximate surface area is 102 Å². The second-order valence-corrected chi connectivity index (χ2v) is 3.92. The summed E-state index contributed by atoms with van der Waals surface area (Å²) in [5.41, 5.74) is 12.3. The maximum atomic E-state index is 12.6. The SMILES string of the molecule is Nc1ccc(-c2cc(C(F)(F)F)ccc2N)cc1. The highest BCUT2D eigenvalue weighted by molar-refractivity contribution is 5.77. The Morgan fingerprint density at radius 3 is 2.00 bits per heavy atom. The molecule has 0 heterocycles. The number of rotatable bonds is 1. The third-order valence-electron chi connectivity index (χ3n) is 2.60. The zero-order valence-corrected chi connectivity index (χ0v) is 9.33. The van der Waals surface area contributed by atoms with Crippen LogP contribution < -0.4 is 11.5 Å². The van der Waals surface area contributed by atoms with Gasteiger partial charge in [0.25, 0.3) is 0 Å². The predicted octanol–water partition coefficient (Wildman–Crippen LogP) is 3.54. The first-order valence-corrected chi connectivity index (χ1v) is 5.20. The van der Waals surface area contributed by atoms with Crippen LogP contribution in [0.5, 0.6) is 0 Å². The number of anilines is 2. The van der Waals surface area contributed by atoms with Crippen molar-refractivity contribution in [1.82, 2.24) is 0 Å². The fourth-order valence-electron chi connectivity index (χ4n) is 1.65. The van der Waals surface area contributed by atoms with Crippen LogP contribution in [0.25, 0.3) is 11.1 Å². The standard InChI is InChI=1S/C13H11F3N2/c14-13(15,16)9-3-6-12(18)11(7-9)8-1-4-10(17)5-2-8/h1-7H,17-18H2. The van der Waals surface area contributed by atoms with Gasteiger partial charge in [-0.25, -0.2) is 0 Å². The van der Waals surface area contributed by atoms with E-state index < -0.39 is 11.7 Å². The monoisotopic (exact) mass is 252 g/mol. The Morgan fingerprint density at radius 1 is 0.833 bits per heavy atom. The molecule has 0 aliphatic rings. The summed E-state index contributed by atoms with van der Waals surface area (Å²) in [4.78, 5) is 0. The molecule has 0 saturated heterocycles. The van der Waals surface area contributed by atoms with E-state index in [4.69, 9.17) is 11.5 Å². The van der Waals surface area contributed by atoms with Gasteiger partial charge < -0.3 is 11.5 Å². The molecule has 2 rings (SSSR count). The van der Waals surface area contributed by atoms with Crippen molar-refractivity contribution in [2.75, 3.05) is 11.5 Å². The second kappa shape index (κ2) is 4.25. The Bertz CT molecular complexity index is 559. The van der Waals surface area contributed by atoms with Gasteiger partial charge in [-0.2, -0.15) is 13.2 Å². The molecule has 0 radical (unpaired) electrons. The summed E-state index contributed by atoms with van der Waals surface area (Å²) in [5.74, 6) is 0. The summed E-state index contributed by atoms with van der Waals surface area (Å²) in [6, 6.07) is 9.79. The Balaban J connectivity index is 2.53. The average molecular weight is 252 g/mol. The molecule has 5 heteroatoms. The Kier molecular flexibility index (Phi) is 2.90. The molecular formula is C13H11F3N2. The molecule has 0 bridgehead atoms. The van der Waals surface area contributed by atoms with Crippen LogP contribution in [-0.4, -0.2) is 0 Å². The number of hydrogen-bond acceptors (Lipinski definition) is 2. The van der Waals surface area contributed by atoms with Gasteiger partial charge in [0.05, 0.1) is 5.56 Å². The lowest BCUT2D eigenvalue weighted by molar-refractivity contribution is -0.137. The molecule has 94 valence electrons. The number of benzene rings is 2. The van der Waals surface area contributed by atoms with Crippen molar-refractivity contribution in [3.05, 3.63) is 48.0 Å². The molecule has 0 aliphatic carbocycles. The molecule has 0 aliphatic heterocycles. The molecule has 2 nitrogen and oxygen atoms in total. The van der Waals surface area contributed by atoms with Crippen LogP contribution in [0.1, 0.15) is 5.56 Å². The normalized spacial score (nSPS) is 11.5. The number of hydrogen-bond donors (Lipinski definition) is 2. The summed E-state index contributed by atoms with van der Waals surface area (Å²) >= 11 is 0. The minimum absolute atomic E-state index is 0.299. The third-order valence-corrected chi connectivity index (χ3v) is 2.60. The molecule has 4 N–H and O–H groups in total. The molecule has 0 saturated carbocycles. The van der Waals surface area contributed by atoms with Gasteiger partial charge in [-0.15, -0.1) is 0 Å². The van der Waals surface area contributed by atoms with Gasteiger partial charge in [0.15, 0.2) is 0 Å². The lowest BCUT2D eigenvalue weighted by atomic mass is 10.0. The minimum Gasteiger partial charge on any atom is -0.399 e. The second-order valence-electron chi connectivity index (χ2n) is 3.92. The lowest BCUT2D eigenvalue weighted by Gasteiger charge is -2.11. The molecule has 0 spiro atoms. The van der Waals surface area contributed by atoms with Crippen molar-refractivity contribution in [2.45, 2.75) is 6.18 Å². The summed E-state index contributed by atoms with van der Waals surface area (Å²) in [6.07, 6.45) is -4.38. The van der Waals surface area contributed by atoms with E-state index in [-0.39, 0.29) is 0 Å². The van der Waals surface area contributed by atoms with E-state index in [0.29, 0.717) is 22.5 Å². The van der Waals surface area contributed by atoms with Gasteiger partial charge in [0.2, 0.25) is 0 Å². The number of nitrogen functional groups attached to an aromatic ring is 2. The lowest BCUT2D eigenvalue weighted by Crippen LogP contribution is -2.05. The smallest absolute Gasteiger partial charge is 0.399 e. The van der Waals surface area contributed by atoms with Gasteiger partial charge in [0.1, 0.15) is 0 Å². The zero-order chi connectivity index (χ0) is 13.3. The first-order chi connectivity index (χ1) is 8.38. The van der Waals surface area contributed by atoms with Crippen LogP contribution >= 0.6 is 0 Å². The molecule has 0 fully saturated rings. The molecule has 0 atom stereocenters. The fraction of sp³-hybridized carbons (Fsp3) is 0.0769. The van der Waals surface area contributed by atoms with E-state index in [1.807, 2.05) is 0 Å². The first kappa shape index (κ1) is 12.3. The molecule has 0 aromatic heterocycles. The van der Waals surface area contributed by atoms with Crippen LogP contribution in [-0.2, 0) is 6.18 Å². The maximum absolute atomic E-state index is 12.6. The van der Waals surface area contributed by atoms with Crippen molar-refractivity contribution >= 4 is 11.4 Å². The summed E-state index contributed by atoms with van der Waals surface area (Å²) in [6.45, 7) is 0.